The second kappa shape index (κ2) is 11.7. The highest BCUT2D eigenvalue weighted by Gasteiger charge is 2.26. The van der Waals surface area contributed by atoms with Gasteiger partial charge in [0.05, 0.1) is 31.6 Å². The van der Waals surface area contributed by atoms with Gasteiger partial charge in [-0.05, 0) is 50.5 Å². The fourth-order valence-corrected chi connectivity index (χ4v) is 4.26. The minimum absolute atomic E-state index is 0.0143. The number of benzene rings is 1. The van der Waals surface area contributed by atoms with E-state index in [9.17, 15) is 14.4 Å². The molecular formula is C25H30N8O5. The molecule has 5 N–H and O–H groups in total. The molecule has 0 saturated heterocycles. The van der Waals surface area contributed by atoms with Gasteiger partial charge in [-0.2, -0.15) is 9.97 Å². The third-order valence-corrected chi connectivity index (χ3v) is 6.01. The summed E-state index contributed by atoms with van der Waals surface area (Å²) in [5.74, 6) is -1.25. The fraction of sp³-hybridized carbons (Fsp3) is 0.400. The van der Waals surface area contributed by atoms with Crippen molar-refractivity contribution >= 4 is 46.5 Å². The van der Waals surface area contributed by atoms with Gasteiger partial charge < -0.3 is 31.2 Å². The highest BCUT2D eigenvalue weighted by Crippen LogP contribution is 2.30. The zero-order valence-corrected chi connectivity index (χ0v) is 21.3. The summed E-state index contributed by atoms with van der Waals surface area (Å²) in [5, 5.41) is 2.70. The molecule has 0 radical (unpaired) electrons. The second-order valence-corrected chi connectivity index (χ2v) is 8.64. The van der Waals surface area contributed by atoms with Crippen LogP contribution in [0.5, 0.6) is 0 Å². The van der Waals surface area contributed by atoms with Crippen LogP contribution < -0.4 is 21.7 Å². The number of hydrogen-bond donors (Lipinski definition) is 3. The van der Waals surface area contributed by atoms with Crippen molar-refractivity contribution in [3.8, 4) is 0 Å². The lowest BCUT2D eigenvalue weighted by atomic mass is 10.1. The number of nitrogens with zero attached hydrogens (tertiary/aromatic N) is 5. The van der Waals surface area contributed by atoms with E-state index in [-0.39, 0.29) is 37.8 Å². The molecule has 0 aliphatic carbocycles. The average molecular weight is 523 g/mol. The molecule has 0 fully saturated rings. The van der Waals surface area contributed by atoms with E-state index in [0.717, 1.165) is 24.2 Å². The van der Waals surface area contributed by atoms with Crippen LogP contribution in [0.15, 0.2) is 24.4 Å². The number of ether oxygens (including phenoxy) is 2. The standard InChI is InChI=1S/C25H30N8O5/c1-3-37-19(34)8-6-17(24(36)38-4-2)30-23(35)15-5-7-18-14(11-15)9-10-33(18)13-16-12-28-22-20(29-16)21(26)31-25(27)32-22/h5,7,11-12,17H,3-4,6,8-10,13H2,1-2H3,(H,30,35)(H4,26,27,28,31,32)/t17-/m1/s1. The molecule has 1 aromatic carbocycles. The van der Waals surface area contributed by atoms with E-state index in [4.69, 9.17) is 20.9 Å². The van der Waals surface area contributed by atoms with E-state index < -0.39 is 23.9 Å². The number of amides is 1. The Kier molecular flexibility index (Phi) is 8.14. The molecule has 13 heteroatoms. The molecular weight excluding hydrogens is 492 g/mol. The summed E-state index contributed by atoms with van der Waals surface area (Å²) in [5.41, 5.74) is 15.3. The molecule has 1 atom stereocenters. The van der Waals surface area contributed by atoms with Gasteiger partial charge in [0.2, 0.25) is 5.95 Å². The Morgan fingerprint density at radius 2 is 1.89 bits per heavy atom. The van der Waals surface area contributed by atoms with E-state index in [2.05, 4.69) is 30.2 Å². The number of nitrogens with two attached hydrogens (primary N) is 2. The van der Waals surface area contributed by atoms with Crippen LogP contribution in [0.25, 0.3) is 11.2 Å². The molecule has 0 saturated carbocycles. The number of carbonyl (C=O) groups excluding carboxylic acids is 3. The minimum Gasteiger partial charge on any atom is -0.466 e. The zero-order valence-electron chi connectivity index (χ0n) is 21.3. The molecule has 38 heavy (non-hydrogen) atoms. The number of nitrogens with one attached hydrogen (secondary N) is 1. The number of esters is 2. The third kappa shape index (κ3) is 6.05. The van der Waals surface area contributed by atoms with Crippen molar-refractivity contribution in [1.82, 2.24) is 25.3 Å². The first-order valence-corrected chi connectivity index (χ1v) is 12.3. The molecule has 3 aromatic rings. The molecule has 3 heterocycles. The Bertz CT molecular complexity index is 1370. The molecule has 1 amide bonds. The summed E-state index contributed by atoms with van der Waals surface area (Å²) >= 11 is 0. The van der Waals surface area contributed by atoms with Crippen molar-refractivity contribution in [3.63, 3.8) is 0 Å². The van der Waals surface area contributed by atoms with Crippen molar-refractivity contribution in [3.05, 3.63) is 41.2 Å². The maximum absolute atomic E-state index is 13.0. The Hall–Kier alpha value is -4.55. The lowest BCUT2D eigenvalue weighted by Crippen LogP contribution is -2.42. The molecule has 0 unspecified atom stereocenters. The van der Waals surface area contributed by atoms with Crippen molar-refractivity contribution < 1.29 is 23.9 Å². The van der Waals surface area contributed by atoms with Crippen molar-refractivity contribution in [2.75, 3.05) is 36.1 Å². The number of aromatic nitrogens is 4. The highest BCUT2D eigenvalue weighted by molar-refractivity contribution is 5.97. The van der Waals surface area contributed by atoms with E-state index in [0.29, 0.717) is 29.0 Å². The Morgan fingerprint density at radius 1 is 1.11 bits per heavy atom. The maximum atomic E-state index is 13.0. The van der Waals surface area contributed by atoms with Gasteiger partial charge in [-0.15, -0.1) is 0 Å². The van der Waals surface area contributed by atoms with Crippen LogP contribution in [0.3, 0.4) is 0 Å². The van der Waals surface area contributed by atoms with Gasteiger partial charge in [-0.3, -0.25) is 9.59 Å². The van der Waals surface area contributed by atoms with Gasteiger partial charge in [-0.1, -0.05) is 0 Å². The number of hydrogen-bond acceptors (Lipinski definition) is 12. The van der Waals surface area contributed by atoms with Crippen molar-refractivity contribution in [2.24, 2.45) is 0 Å². The van der Waals surface area contributed by atoms with E-state index in [1.54, 1.807) is 32.2 Å². The topological polar surface area (TPSA) is 189 Å². The van der Waals surface area contributed by atoms with E-state index in [1.165, 1.54) is 0 Å². The fourth-order valence-electron chi connectivity index (χ4n) is 4.26. The number of nitrogen functional groups attached to an aromatic ring is 2. The summed E-state index contributed by atoms with van der Waals surface area (Å²) in [6, 6.07) is 4.40. The SMILES string of the molecule is CCOC(=O)CC[C@@H](NC(=O)c1ccc2c(c1)CCN2Cc1cnc2nc(N)nc(N)c2n1)C(=O)OCC. The maximum Gasteiger partial charge on any atom is 0.328 e. The largest absolute Gasteiger partial charge is 0.466 e. The predicted molar refractivity (Wildman–Crippen MR) is 139 cm³/mol. The quantitative estimate of drug-likeness (QED) is 0.323. The van der Waals surface area contributed by atoms with Crippen molar-refractivity contribution in [1.29, 1.82) is 0 Å². The molecule has 4 rings (SSSR count). The minimum atomic E-state index is -0.963. The van der Waals surface area contributed by atoms with Gasteiger partial charge in [-0.25, -0.2) is 14.8 Å². The summed E-state index contributed by atoms with van der Waals surface area (Å²) in [7, 11) is 0. The van der Waals surface area contributed by atoms with Crippen LogP contribution in [0.4, 0.5) is 17.5 Å². The van der Waals surface area contributed by atoms with Gasteiger partial charge in [0.15, 0.2) is 17.0 Å². The van der Waals surface area contributed by atoms with Gasteiger partial charge in [0.25, 0.3) is 5.91 Å². The molecule has 1 aliphatic heterocycles. The zero-order chi connectivity index (χ0) is 27.2. The van der Waals surface area contributed by atoms with Crippen LogP contribution in [0, 0.1) is 0 Å². The lowest BCUT2D eigenvalue weighted by molar-refractivity contribution is -0.146. The monoisotopic (exact) mass is 522 g/mol. The van der Waals surface area contributed by atoms with Crippen LogP contribution in [0.1, 0.15) is 48.3 Å². The number of rotatable bonds is 10. The Balaban J connectivity index is 1.45. The molecule has 0 bridgehead atoms. The summed E-state index contributed by atoms with van der Waals surface area (Å²) < 4.78 is 9.99. The Labute approximate surface area is 218 Å². The number of carbonyl (C=O) groups is 3. The van der Waals surface area contributed by atoms with Gasteiger partial charge in [0, 0.05) is 24.2 Å². The van der Waals surface area contributed by atoms with Gasteiger partial charge >= 0.3 is 11.9 Å². The molecule has 13 nitrogen and oxygen atoms in total. The van der Waals surface area contributed by atoms with Crippen LogP contribution in [-0.2, 0) is 32.0 Å². The highest BCUT2D eigenvalue weighted by atomic mass is 16.5. The number of fused-ring (bicyclic) bond motifs is 2. The average Bonchev–Trinajstić information content (AvgIpc) is 3.28. The first kappa shape index (κ1) is 26.5. The lowest BCUT2D eigenvalue weighted by Gasteiger charge is -2.20. The van der Waals surface area contributed by atoms with Gasteiger partial charge in [0.1, 0.15) is 6.04 Å². The normalized spacial score (nSPS) is 13.2. The second-order valence-electron chi connectivity index (χ2n) is 8.64. The smallest absolute Gasteiger partial charge is 0.328 e. The molecule has 1 aliphatic rings. The van der Waals surface area contributed by atoms with Crippen LogP contribution in [0.2, 0.25) is 0 Å². The van der Waals surface area contributed by atoms with Crippen LogP contribution in [-0.4, -0.2) is 63.6 Å². The third-order valence-electron chi connectivity index (χ3n) is 6.01. The summed E-state index contributed by atoms with van der Waals surface area (Å²) in [4.78, 5) is 56.1. The first-order valence-electron chi connectivity index (χ1n) is 12.3. The van der Waals surface area contributed by atoms with E-state index in [1.807, 2.05) is 6.07 Å². The first-order chi connectivity index (χ1) is 18.3. The molecule has 0 spiro atoms. The molecule has 200 valence electrons. The number of anilines is 3. The predicted octanol–water partition coefficient (Wildman–Crippen LogP) is 1.15. The Morgan fingerprint density at radius 3 is 2.66 bits per heavy atom. The van der Waals surface area contributed by atoms with E-state index >= 15 is 0 Å². The molecule has 2 aromatic heterocycles. The van der Waals surface area contributed by atoms with Crippen molar-refractivity contribution in [2.45, 2.75) is 45.7 Å². The summed E-state index contributed by atoms with van der Waals surface area (Å²) in [6.07, 6.45) is 2.42. The summed E-state index contributed by atoms with van der Waals surface area (Å²) in [6.45, 7) is 4.98. The van der Waals surface area contributed by atoms with Crippen LogP contribution >= 0.6 is 0 Å².